The van der Waals surface area contributed by atoms with Crippen molar-refractivity contribution in [3.8, 4) is 0 Å². The van der Waals surface area contributed by atoms with Gasteiger partial charge in [-0.05, 0) is 37.4 Å². The molecule has 0 unspecified atom stereocenters. The minimum absolute atomic E-state index is 0.0848. The number of benzene rings is 1. The second-order valence-electron chi connectivity index (χ2n) is 5.94. The summed E-state index contributed by atoms with van der Waals surface area (Å²) in [7, 11) is 0. The maximum Gasteiger partial charge on any atom is 0.229 e. The molecule has 0 saturated carbocycles. The number of hydrogen-bond acceptors (Lipinski definition) is 3. The summed E-state index contributed by atoms with van der Waals surface area (Å²) in [5.74, 6) is 0.643. The monoisotopic (exact) mass is 273 g/mol. The average Bonchev–Trinajstić information content (AvgIpc) is 3.10. The number of amides is 1. The van der Waals surface area contributed by atoms with Crippen molar-refractivity contribution in [2.45, 2.75) is 19.8 Å². The van der Waals surface area contributed by atoms with Crippen molar-refractivity contribution in [3.63, 3.8) is 0 Å². The Hall–Kier alpha value is -1.55. The van der Waals surface area contributed by atoms with Gasteiger partial charge in [0.05, 0.1) is 17.3 Å². The van der Waals surface area contributed by atoms with Gasteiger partial charge in [-0.25, -0.2) is 0 Å². The first-order valence-electron chi connectivity index (χ1n) is 7.61. The van der Waals surface area contributed by atoms with Crippen LogP contribution in [0.1, 0.15) is 19.8 Å². The number of carbonyl (C=O) groups excluding carboxylic acids is 1. The highest BCUT2D eigenvalue weighted by Crippen LogP contribution is 2.29. The van der Waals surface area contributed by atoms with Crippen LogP contribution in [0.5, 0.6) is 0 Å². The molecule has 2 saturated heterocycles. The minimum Gasteiger partial charge on any atom is -0.370 e. The Labute approximate surface area is 120 Å². The molecule has 3 rings (SSSR count). The summed E-state index contributed by atoms with van der Waals surface area (Å²) in [5, 5.41) is 6.43. The van der Waals surface area contributed by atoms with Crippen molar-refractivity contribution in [2.24, 2.45) is 11.8 Å². The number of rotatable bonds is 3. The quantitative estimate of drug-likeness (QED) is 0.886. The van der Waals surface area contributed by atoms with Gasteiger partial charge in [-0.15, -0.1) is 0 Å². The topological polar surface area (TPSA) is 44.4 Å². The predicted molar refractivity (Wildman–Crippen MR) is 82.0 cm³/mol. The van der Waals surface area contributed by atoms with Crippen LogP contribution >= 0.6 is 0 Å². The Morgan fingerprint density at radius 1 is 1.25 bits per heavy atom. The molecule has 2 heterocycles. The summed E-state index contributed by atoms with van der Waals surface area (Å²) in [5.41, 5.74) is 2.12. The average molecular weight is 273 g/mol. The molecule has 2 aliphatic heterocycles. The van der Waals surface area contributed by atoms with Gasteiger partial charge in [0.15, 0.2) is 0 Å². The van der Waals surface area contributed by atoms with Crippen LogP contribution in [0.25, 0.3) is 0 Å². The van der Waals surface area contributed by atoms with Gasteiger partial charge in [-0.2, -0.15) is 0 Å². The van der Waals surface area contributed by atoms with E-state index in [0.29, 0.717) is 5.92 Å². The van der Waals surface area contributed by atoms with Crippen LogP contribution in [0.15, 0.2) is 24.3 Å². The van der Waals surface area contributed by atoms with E-state index >= 15 is 0 Å². The van der Waals surface area contributed by atoms with Gasteiger partial charge in [0, 0.05) is 19.6 Å². The molecule has 2 fully saturated rings. The highest BCUT2D eigenvalue weighted by atomic mass is 16.2. The van der Waals surface area contributed by atoms with E-state index in [-0.39, 0.29) is 11.8 Å². The van der Waals surface area contributed by atoms with Crippen molar-refractivity contribution in [1.82, 2.24) is 5.32 Å². The highest BCUT2D eigenvalue weighted by molar-refractivity contribution is 5.96. The highest BCUT2D eigenvalue weighted by Gasteiger charge is 2.30. The molecule has 2 atom stereocenters. The first-order valence-corrected chi connectivity index (χ1v) is 7.61. The fraction of sp³-hybridized carbons (Fsp3) is 0.562. The molecule has 4 nitrogen and oxygen atoms in total. The summed E-state index contributed by atoms with van der Waals surface area (Å²) >= 11 is 0. The van der Waals surface area contributed by atoms with Crippen LogP contribution in [0.2, 0.25) is 0 Å². The summed E-state index contributed by atoms with van der Waals surface area (Å²) in [4.78, 5) is 14.8. The fourth-order valence-electron chi connectivity index (χ4n) is 3.20. The summed E-state index contributed by atoms with van der Waals surface area (Å²) in [6.07, 6.45) is 2.48. The van der Waals surface area contributed by atoms with Gasteiger partial charge in [-0.1, -0.05) is 19.1 Å². The number of anilines is 2. The number of carbonyl (C=O) groups is 1. The Morgan fingerprint density at radius 3 is 2.70 bits per heavy atom. The van der Waals surface area contributed by atoms with Crippen molar-refractivity contribution in [3.05, 3.63) is 24.3 Å². The van der Waals surface area contributed by atoms with Crippen LogP contribution in [-0.4, -0.2) is 32.1 Å². The third-order valence-electron chi connectivity index (χ3n) is 4.46. The van der Waals surface area contributed by atoms with E-state index in [9.17, 15) is 4.79 Å². The molecule has 1 aromatic carbocycles. The molecule has 0 spiro atoms. The predicted octanol–water partition coefficient (Wildman–Crippen LogP) is 2.08. The lowest BCUT2D eigenvalue weighted by molar-refractivity contribution is -0.120. The second kappa shape index (κ2) is 5.83. The van der Waals surface area contributed by atoms with Gasteiger partial charge < -0.3 is 15.5 Å². The largest absolute Gasteiger partial charge is 0.370 e. The van der Waals surface area contributed by atoms with Crippen LogP contribution < -0.4 is 15.5 Å². The zero-order valence-electron chi connectivity index (χ0n) is 12.1. The Morgan fingerprint density at radius 2 is 2.00 bits per heavy atom. The van der Waals surface area contributed by atoms with Crippen LogP contribution in [0.4, 0.5) is 11.4 Å². The number of nitrogens with one attached hydrogen (secondary N) is 2. The molecule has 0 radical (unpaired) electrons. The molecule has 0 bridgehead atoms. The summed E-state index contributed by atoms with van der Waals surface area (Å²) < 4.78 is 0. The van der Waals surface area contributed by atoms with Crippen molar-refractivity contribution in [2.75, 3.05) is 36.4 Å². The van der Waals surface area contributed by atoms with Crippen LogP contribution in [0, 0.1) is 11.8 Å². The zero-order chi connectivity index (χ0) is 13.9. The molecule has 1 aromatic rings. The third kappa shape index (κ3) is 2.66. The van der Waals surface area contributed by atoms with E-state index in [1.165, 1.54) is 12.8 Å². The van der Waals surface area contributed by atoms with Gasteiger partial charge >= 0.3 is 0 Å². The smallest absolute Gasteiger partial charge is 0.229 e. The molecule has 1 amide bonds. The standard InChI is InChI=1S/C16H23N3O/c1-12-10-17-11-13(12)16(20)18-14-6-2-3-7-15(14)19-8-4-5-9-19/h2-3,6-7,12-13,17H,4-5,8-11H2,1H3,(H,18,20)/t12-,13-/m1/s1. The minimum atomic E-state index is 0.0848. The molecule has 4 heteroatoms. The van der Waals surface area contributed by atoms with Gasteiger partial charge in [-0.3, -0.25) is 4.79 Å². The number of nitrogens with zero attached hydrogens (tertiary/aromatic N) is 1. The molecule has 108 valence electrons. The van der Waals surface area contributed by atoms with E-state index in [2.05, 4.69) is 28.5 Å². The van der Waals surface area contributed by atoms with Crippen LogP contribution in [-0.2, 0) is 4.79 Å². The zero-order valence-corrected chi connectivity index (χ0v) is 12.1. The molecule has 0 aromatic heterocycles. The Bertz CT molecular complexity index is 482. The molecule has 0 aliphatic carbocycles. The summed E-state index contributed by atoms with van der Waals surface area (Å²) in [6.45, 7) is 6.05. The van der Waals surface area contributed by atoms with E-state index in [1.807, 2.05) is 18.2 Å². The van der Waals surface area contributed by atoms with Crippen LogP contribution in [0.3, 0.4) is 0 Å². The number of hydrogen-bond donors (Lipinski definition) is 2. The van der Waals surface area contributed by atoms with E-state index < -0.39 is 0 Å². The van der Waals surface area contributed by atoms with E-state index in [4.69, 9.17) is 0 Å². The van der Waals surface area contributed by atoms with Crippen molar-refractivity contribution in [1.29, 1.82) is 0 Å². The fourth-order valence-corrected chi connectivity index (χ4v) is 3.20. The van der Waals surface area contributed by atoms with E-state index in [0.717, 1.165) is 37.6 Å². The number of para-hydroxylation sites is 2. The first kappa shape index (κ1) is 13.4. The summed E-state index contributed by atoms with van der Waals surface area (Å²) in [6, 6.07) is 8.16. The molecule has 2 N–H and O–H groups in total. The first-order chi connectivity index (χ1) is 9.75. The molecule has 2 aliphatic rings. The third-order valence-corrected chi connectivity index (χ3v) is 4.46. The molecule has 20 heavy (non-hydrogen) atoms. The second-order valence-corrected chi connectivity index (χ2v) is 5.94. The molecular weight excluding hydrogens is 250 g/mol. The lowest BCUT2D eigenvalue weighted by Gasteiger charge is -2.22. The lowest BCUT2D eigenvalue weighted by atomic mass is 9.97. The Kier molecular flexibility index (Phi) is 3.92. The maximum absolute atomic E-state index is 12.4. The SMILES string of the molecule is C[C@@H]1CNC[C@H]1C(=O)Nc1ccccc1N1CCCC1. The van der Waals surface area contributed by atoms with Gasteiger partial charge in [0.2, 0.25) is 5.91 Å². The van der Waals surface area contributed by atoms with Gasteiger partial charge in [0.1, 0.15) is 0 Å². The van der Waals surface area contributed by atoms with Crippen molar-refractivity contribution < 1.29 is 4.79 Å². The van der Waals surface area contributed by atoms with Gasteiger partial charge in [0.25, 0.3) is 0 Å². The Balaban J connectivity index is 1.75. The van der Waals surface area contributed by atoms with E-state index in [1.54, 1.807) is 0 Å². The normalized spacial score (nSPS) is 25.9. The lowest BCUT2D eigenvalue weighted by Crippen LogP contribution is -2.29. The maximum atomic E-state index is 12.4. The molecular formula is C16H23N3O. The van der Waals surface area contributed by atoms with Crippen molar-refractivity contribution >= 4 is 17.3 Å².